The lowest BCUT2D eigenvalue weighted by atomic mass is 9.71. The third kappa shape index (κ3) is 6.23. The molecule has 7 heteroatoms. The first-order chi connectivity index (χ1) is 14.4. The van der Waals surface area contributed by atoms with Crippen LogP contribution in [-0.4, -0.2) is 25.5 Å². The van der Waals surface area contributed by atoms with Crippen LogP contribution in [0.4, 0.5) is 13.2 Å². The van der Waals surface area contributed by atoms with Crippen LogP contribution in [0.5, 0.6) is 5.75 Å². The van der Waals surface area contributed by atoms with Gasteiger partial charge in [-0.3, -0.25) is 4.79 Å². The van der Waals surface area contributed by atoms with Crippen LogP contribution in [-0.2, 0) is 16.1 Å². The monoisotopic (exact) mass is 421 g/mol. The molecule has 1 aliphatic rings. The zero-order chi connectivity index (χ0) is 21.6. The first-order valence-electron chi connectivity index (χ1n) is 10.1. The molecule has 0 heterocycles. The maximum absolute atomic E-state index is 12.5. The average molecular weight is 421 g/mol. The predicted molar refractivity (Wildman–Crippen MR) is 107 cm³/mol. The van der Waals surface area contributed by atoms with Gasteiger partial charge in [0.1, 0.15) is 5.75 Å². The SMILES string of the molecule is COC(=O)C[C@H]1CCC[C@@H](NCc2ccccc2)[C@@H]1c1ccc(OC(F)(F)F)cc1. The molecule has 1 aliphatic carbocycles. The van der Waals surface area contributed by atoms with Gasteiger partial charge in [-0.25, -0.2) is 0 Å². The summed E-state index contributed by atoms with van der Waals surface area (Å²) in [6.07, 6.45) is -1.68. The number of benzene rings is 2. The fourth-order valence-corrected chi connectivity index (χ4v) is 4.28. The zero-order valence-corrected chi connectivity index (χ0v) is 16.8. The van der Waals surface area contributed by atoms with E-state index in [0.29, 0.717) is 6.54 Å². The highest BCUT2D eigenvalue weighted by molar-refractivity contribution is 5.69. The zero-order valence-electron chi connectivity index (χ0n) is 16.8. The third-order valence-corrected chi connectivity index (χ3v) is 5.60. The quantitative estimate of drug-likeness (QED) is 0.625. The molecule has 3 rings (SSSR count). The molecule has 0 bridgehead atoms. The third-order valence-electron chi connectivity index (χ3n) is 5.60. The molecular weight excluding hydrogens is 395 g/mol. The molecule has 0 aromatic heterocycles. The summed E-state index contributed by atoms with van der Waals surface area (Å²) in [4.78, 5) is 12.0. The highest BCUT2D eigenvalue weighted by Crippen LogP contribution is 2.41. The summed E-state index contributed by atoms with van der Waals surface area (Å²) in [5, 5.41) is 3.60. The van der Waals surface area contributed by atoms with Gasteiger partial charge in [-0.15, -0.1) is 13.2 Å². The van der Waals surface area contributed by atoms with Gasteiger partial charge in [0, 0.05) is 24.9 Å². The summed E-state index contributed by atoms with van der Waals surface area (Å²) < 4.78 is 46.3. The van der Waals surface area contributed by atoms with Crippen molar-refractivity contribution in [3.05, 3.63) is 65.7 Å². The molecule has 0 unspecified atom stereocenters. The van der Waals surface area contributed by atoms with Gasteiger partial charge in [-0.05, 0) is 42.0 Å². The molecule has 1 fully saturated rings. The van der Waals surface area contributed by atoms with Crippen LogP contribution in [0.15, 0.2) is 54.6 Å². The van der Waals surface area contributed by atoms with Gasteiger partial charge in [0.2, 0.25) is 0 Å². The van der Waals surface area contributed by atoms with Gasteiger partial charge in [-0.1, -0.05) is 48.9 Å². The highest BCUT2D eigenvalue weighted by atomic mass is 19.4. The molecule has 2 aromatic rings. The van der Waals surface area contributed by atoms with E-state index in [4.69, 9.17) is 4.74 Å². The van der Waals surface area contributed by atoms with E-state index in [1.165, 1.54) is 19.2 Å². The summed E-state index contributed by atoms with van der Waals surface area (Å²) in [6, 6.07) is 16.1. The van der Waals surface area contributed by atoms with E-state index in [-0.39, 0.29) is 36.0 Å². The van der Waals surface area contributed by atoms with Gasteiger partial charge in [0.05, 0.1) is 7.11 Å². The summed E-state index contributed by atoms with van der Waals surface area (Å²) in [7, 11) is 1.37. The first-order valence-corrected chi connectivity index (χ1v) is 10.1. The van der Waals surface area contributed by atoms with Crippen molar-refractivity contribution in [3.63, 3.8) is 0 Å². The van der Waals surface area contributed by atoms with Crippen molar-refractivity contribution in [2.75, 3.05) is 7.11 Å². The van der Waals surface area contributed by atoms with E-state index in [2.05, 4.69) is 10.1 Å². The number of carbonyl (C=O) groups excluding carboxylic acids is 1. The van der Waals surface area contributed by atoms with E-state index in [0.717, 1.165) is 30.4 Å². The minimum Gasteiger partial charge on any atom is -0.469 e. The Balaban J connectivity index is 1.80. The Morgan fingerprint density at radius 1 is 1.07 bits per heavy atom. The topological polar surface area (TPSA) is 47.6 Å². The Bertz CT molecular complexity index is 809. The van der Waals surface area contributed by atoms with Crippen molar-refractivity contribution >= 4 is 5.97 Å². The molecule has 2 aromatic carbocycles. The van der Waals surface area contributed by atoms with Crippen molar-refractivity contribution in [1.29, 1.82) is 0 Å². The molecule has 0 radical (unpaired) electrons. The van der Waals surface area contributed by atoms with Crippen LogP contribution in [0, 0.1) is 5.92 Å². The fraction of sp³-hybridized carbons (Fsp3) is 0.435. The maximum atomic E-state index is 12.5. The Kier molecular flexibility index (Phi) is 7.37. The second-order valence-electron chi connectivity index (χ2n) is 7.59. The first kappa shape index (κ1) is 22.2. The van der Waals surface area contributed by atoms with Crippen LogP contribution in [0.2, 0.25) is 0 Å². The van der Waals surface area contributed by atoms with Gasteiger partial charge < -0.3 is 14.8 Å². The van der Waals surface area contributed by atoms with Crippen LogP contribution >= 0.6 is 0 Å². The average Bonchev–Trinajstić information content (AvgIpc) is 2.72. The Morgan fingerprint density at radius 2 is 1.77 bits per heavy atom. The number of methoxy groups -OCH3 is 1. The minimum atomic E-state index is -4.72. The van der Waals surface area contributed by atoms with E-state index in [9.17, 15) is 18.0 Å². The lowest BCUT2D eigenvalue weighted by Gasteiger charge is -2.39. The molecule has 30 heavy (non-hydrogen) atoms. The lowest BCUT2D eigenvalue weighted by molar-refractivity contribution is -0.274. The van der Waals surface area contributed by atoms with E-state index in [1.807, 2.05) is 30.3 Å². The smallest absolute Gasteiger partial charge is 0.469 e. The number of alkyl halides is 3. The van der Waals surface area contributed by atoms with E-state index < -0.39 is 6.36 Å². The van der Waals surface area contributed by atoms with E-state index in [1.54, 1.807) is 12.1 Å². The van der Waals surface area contributed by atoms with Gasteiger partial charge >= 0.3 is 12.3 Å². The molecule has 1 N–H and O–H groups in total. The number of ether oxygens (including phenoxy) is 2. The van der Waals surface area contributed by atoms with Gasteiger partial charge in [0.15, 0.2) is 0 Å². The molecule has 0 spiro atoms. The highest BCUT2D eigenvalue weighted by Gasteiger charge is 2.36. The summed E-state index contributed by atoms with van der Waals surface area (Å²) in [5.41, 5.74) is 2.05. The molecule has 4 nitrogen and oxygen atoms in total. The van der Waals surface area contributed by atoms with Crippen molar-refractivity contribution in [2.45, 2.75) is 50.6 Å². The lowest BCUT2D eigenvalue weighted by Crippen LogP contribution is -2.41. The largest absolute Gasteiger partial charge is 0.573 e. The van der Waals surface area contributed by atoms with Crippen molar-refractivity contribution in [3.8, 4) is 5.75 Å². The number of rotatable bonds is 7. The van der Waals surface area contributed by atoms with Crippen molar-refractivity contribution < 1.29 is 27.4 Å². The Morgan fingerprint density at radius 3 is 2.40 bits per heavy atom. The number of nitrogens with one attached hydrogen (secondary N) is 1. The number of halogens is 3. The number of carbonyl (C=O) groups is 1. The maximum Gasteiger partial charge on any atom is 0.573 e. The molecule has 0 amide bonds. The minimum absolute atomic E-state index is 0.0125. The molecule has 162 valence electrons. The van der Waals surface area contributed by atoms with Crippen molar-refractivity contribution in [1.82, 2.24) is 5.32 Å². The Hall–Kier alpha value is -2.54. The summed E-state index contributed by atoms with van der Waals surface area (Å²) in [5.74, 6) is -0.485. The Labute approximate surface area is 174 Å². The second-order valence-corrected chi connectivity index (χ2v) is 7.59. The van der Waals surface area contributed by atoms with Crippen LogP contribution < -0.4 is 10.1 Å². The molecule has 0 aliphatic heterocycles. The van der Waals surface area contributed by atoms with Gasteiger partial charge in [-0.2, -0.15) is 0 Å². The van der Waals surface area contributed by atoms with Crippen LogP contribution in [0.1, 0.15) is 42.7 Å². The van der Waals surface area contributed by atoms with Crippen LogP contribution in [0.3, 0.4) is 0 Å². The van der Waals surface area contributed by atoms with Crippen LogP contribution in [0.25, 0.3) is 0 Å². The summed E-state index contributed by atoms with van der Waals surface area (Å²) >= 11 is 0. The fourth-order valence-electron chi connectivity index (χ4n) is 4.28. The molecular formula is C23H26F3NO3. The molecule has 3 atom stereocenters. The second kappa shape index (κ2) is 9.98. The normalized spacial score (nSPS) is 21.8. The standard InChI is InChI=1S/C23H26F3NO3/c1-29-21(28)14-18-8-5-9-20(27-15-16-6-3-2-4-7-16)22(18)17-10-12-19(13-11-17)30-23(24,25)26/h2-4,6-7,10-13,18,20,22,27H,5,8-9,14-15H2,1H3/t18-,20-,22-/m1/s1. The molecule has 1 saturated carbocycles. The molecule has 0 saturated heterocycles. The number of hydrogen-bond acceptors (Lipinski definition) is 4. The van der Waals surface area contributed by atoms with E-state index >= 15 is 0 Å². The van der Waals surface area contributed by atoms with Crippen molar-refractivity contribution in [2.24, 2.45) is 5.92 Å². The number of hydrogen-bond donors (Lipinski definition) is 1. The van der Waals surface area contributed by atoms with Gasteiger partial charge in [0.25, 0.3) is 0 Å². The predicted octanol–water partition coefficient (Wildman–Crippen LogP) is 5.19. The summed E-state index contributed by atoms with van der Waals surface area (Å²) in [6.45, 7) is 0.683. The number of esters is 1.